The summed E-state index contributed by atoms with van der Waals surface area (Å²) < 4.78 is 5.23. The molecule has 23 heavy (non-hydrogen) atoms. The summed E-state index contributed by atoms with van der Waals surface area (Å²) in [6, 6.07) is 18.3. The molecule has 0 fully saturated rings. The first-order valence-electron chi connectivity index (χ1n) is 7.95. The number of aliphatic carboxylic acids is 1. The number of rotatable bonds is 3. The van der Waals surface area contributed by atoms with Crippen LogP contribution in [0.3, 0.4) is 0 Å². The molecule has 0 saturated carbocycles. The summed E-state index contributed by atoms with van der Waals surface area (Å²) in [4.78, 5) is 10.5. The number of quaternary nitrogens is 1. The number of carboxylic acid groups (broad SMARTS) is 1. The van der Waals surface area contributed by atoms with E-state index in [-0.39, 0.29) is 0 Å². The van der Waals surface area contributed by atoms with Crippen LogP contribution in [0.1, 0.15) is 36.9 Å². The highest BCUT2D eigenvalue weighted by Gasteiger charge is 2.19. The van der Waals surface area contributed by atoms with Crippen molar-refractivity contribution in [3.8, 4) is 5.75 Å². The molecule has 0 radical (unpaired) electrons. The number of carboxylic acids is 1. The first kappa shape index (κ1) is 17.0. The van der Waals surface area contributed by atoms with E-state index < -0.39 is 12.1 Å². The molecule has 0 aliphatic carbocycles. The zero-order valence-corrected chi connectivity index (χ0v) is 13.4. The number of benzene rings is 2. The third-order valence-electron chi connectivity index (χ3n) is 3.94. The van der Waals surface area contributed by atoms with Gasteiger partial charge in [-0.15, -0.1) is 0 Å². The van der Waals surface area contributed by atoms with Gasteiger partial charge in [-0.05, 0) is 24.5 Å². The Morgan fingerprint density at radius 3 is 2.52 bits per heavy atom. The molecular formula is C19H23NO3. The third-order valence-corrected chi connectivity index (χ3v) is 3.94. The van der Waals surface area contributed by atoms with E-state index in [1.54, 1.807) is 6.07 Å². The van der Waals surface area contributed by atoms with Crippen LogP contribution in [0.5, 0.6) is 5.75 Å². The molecule has 0 saturated heterocycles. The lowest BCUT2D eigenvalue weighted by atomic mass is 10.0. The molecule has 0 bridgehead atoms. The van der Waals surface area contributed by atoms with Crippen molar-refractivity contribution in [2.24, 2.45) is 0 Å². The van der Waals surface area contributed by atoms with Crippen LogP contribution in [-0.4, -0.2) is 12.1 Å². The fourth-order valence-corrected chi connectivity index (χ4v) is 2.45. The normalized spacial score (nSPS) is 17.0. The number of carbonyl (C=O) groups excluding carboxylic acids is 1. The van der Waals surface area contributed by atoms with Gasteiger partial charge >= 0.3 is 0 Å². The van der Waals surface area contributed by atoms with Crippen LogP contribution in [0.2, 0.25) is 0 Å². The second-order valence-electron chi connectivity index (χ2n) is 5.59. The molecule has 0 aromatic heterocycles. The Labute approximate surface area is 136 Å². The van der Waals surface area contributed by atoms with Crippen molar-refractivity contribution in [1.82, 2.24) is 0 Å². The summed E-state index contributed by atoms with van der Waals surface area (Å²) in [5.41, 5.74) is 6.43. The minimum absolute atomic E-state index is 0.459. The lowest BCUT2D eigenvalue weighted by molar-refractivity contribution is -0.427. The number of hydrogen-bond donors (Lipinski definition) is 1. The van der Waals surface area contributed by atoms with Crippen molar-refractivity contribution in [3.05, 3.63) is 65.7 Å². The van der Waals surface area contributed by atoms with Crippen LogP contribution in [0.25, 0.3) is 0 Å². The fraction of sp³-hybridized carbons (Fsp3) is 0.316. The standard InChI is InChI=1S/C10H10O3.C9H13N/c11-10(12)9-6-5-7-3-1-2-4-8(7)13-9;1-2-9(10)8-6-4-3-5-7-8/h1-4,9H,5-6H2,(H,11,12);3-7,9H,2,10H2,1H3/t2*9-/m11/s1. The maximum absolute atomic E-state index is 10.5. The van der Waals surface area contributed by atoms with E-state index in [1.165, 1.54) is 5.56 Å². The summed E-state index contributed by atoms with van der Waals surface area (Å²) in [5.74, 6) is -0.461. The Hall–Kier alpha value is -2.33. The van der Waals surface area contributed by atoms with Gasteiger partial charge in [0, 0.05) is 12.0 Å². The van der Waals surface area contributed by atoms with Crippen molar-refractivity contribution in [3.63, 3.8) is 0 Å². The first-order valence-corrected chi connectivity index (χ1v) is 7.95. The Morgan fingerprint density at radius 2 is 1.87 bits per heavy atom. The molecule has 3 rings (SSSR count). The Morgan fingerprint density at radius 1 is 1.22 bits per heavy atom. The van der Waals surface area contributed by atoms with Gasteiger partial charge in [-0.3, -0.25) is 0 Å². The van der Waals surface area contributed by atoms with Gasteiger partial charge in [0.15, 0.2) is 0 Å². The number of ether oxygens (including phenoxy) is 1. The molecule has 1 aliphatic rings. The quantitative estimate of drug-likeness (QED) is 0.933. The van der Waals surface area contributed by atoms with E-state index in [2.05, 4.69) is 36.9 Å². The van der Waals surface area contributed by atoms with Crippen LogP contribution in [-0.2, 0) is 11.2 Å². The maximum Gasteiger partial charge on any atom is 0.138 e. The molecule has 1 heterocycles. The number of fused-ring (bicyclic) bond motifs is 1. The molecule has 2 aromatic carbocycles. The third kappa shape index (κ3) is 4.83. The second kappa shape index (κ2) is 8.34. The second-order valence-corrected chi connectivity index (χ2v) is 5.59. The maximum atomic E-state index is 10.5. The molecule has 4 heteroatoms. The highest BCUT2D eigenvalue weighted by Crippen LogP contribution is 2.26. The fourth-order valence-electron chi connectivity index (χ4n) is 2.45. The van der Waals surface area contributed by atoms with Gasteiger partial charge < -0.3 is 20.4 Å². The molecule has 1 aliphatic heterocycles. The van der Waals surface area contributed by atoms with E-state index in [1.807, 2.05) is 24.3 Å². The zero-order chi connectivity index (χ0) is 16.7. The van der Waals surface area contributed by atoms with Crippen LogP contribution in [0.4, 0.5) is 0 Å². The van der Waals surface area contributed by atoms with Gasteiger partial charge in [-0.1, -0.05) is 55.5 Å². The SMILES string of the molecule is CC[C@@H]([NH3+])c1ccccc1.O=C([O-])[C@H]1CCc2ccccc2O1. The van der Waals surface area contributed by atoms with E-state index >= 15 is 0 Å². The largest absolute Gasteiger partial charge is 0.546 e. The summed E-state index contributed by atoms with van der Waals surface area (Å²) >= 11 is 0. The molecule has 0 amide bonds. The van der Waals surface area contributed by atoms with Crippen molar-refractivity contribution in [2.75, 3.05) is 0 Å². The predicted molar refractivity (Wildman–Crippen MR) is 86.5 cm³/mol. The number of hydrogen-bond acceptors (Lipinski definition) is 3. The highest BCUT2D eigenvalue weighted by atomic mass is 16.5. The van der Waals surface area contributed by atoms with Gasteiger partial charge in [0.1, 0.15) is 17.9 Å². The van der Waals surface area contributed by atoms with Gasteiger partial charge in [0.2, 0.25) is 0 Å². The summed E-state index contributed by atoms with van der Waals surface area (Å²) in [6.07, 6.45) is 1.58. The molecule has 4 nitrogen and oxygen atoms in total. The van der Waals surface area contributed by atoms with Crippen LogP contribution in [0, 0.1) is 0 Å². The molecule has 122 valence electrons. The average molecular weight is 313 g/mol. The van der Waals surface area contributed by atoms with Crippen molar-refractivity contribution >= 4 is 5.97 Å². The van der Waals surface area contributed by atoms with Crippen LogP contribution < -0.4 is 15.6 Å². The number of para-hydroxylation sites is 1. The lowest BCUT2D eigenvalue weighted by Crippen LogP contribution is -2.53. The lowest BCUT2D eigenvalue weighted by Gasteiger charge is -2.26. The van der Waals surface area contributed by atoms with Gasteiger partial charge in [-0.25, -0.2) is 0 Å². The topological polar surface area (TPSA) is 77.0 Å². The average Bonchev–Trinajstić information content (AvgIpc) is 2.62. The minimum atomic E-state index is -1.13. The predicted octanol–water partition coefficient (Wildman–Crippen LogP) is 1.51. The molecule has 0 unspecified atom stereocenters. The molecule has 0 spiro atoms. The van der Waals surface area contributed by atoms with E-state index in [0.29, 0.717) is 18.2 Å². The molecule has 2 atom stereocenters. The highest BCUT2D eigenvalue weighted by molar-refractivity contribution is 5.71. The van der Waals surface area contributed by atoms with Crippen LogP contribution in [0.15, 0.2) is 54.6 Å². The summed E-state index contributed by atoms with van der Waals surface area (Å²) in [7, 11) is 0. The Kier molecular flexibility index (Phi) is 6.18. The van der Waals surface area contributed by atoms with Crippen LogP contribution >= 0.6 is 0 Å². The van der Waals surface area contributed by atoms with E-state index in [9.17, 15) is 9.90 Å². The molecule has 3 N–H and O–H groups in total. The minimum Gasteiger partial charge on any atom is -0.546 e. The van der Waals surface area contributed by atoms with Crippen molar-refractivity contribution < 1.29 is 20.4 Å². The van der Waals surface area contributed by atoms with Crippen molar-refractivity contribution in [2.45, 2.75) is 38.3 Å². The molecular weight excluding hydrogens is 290 g/mol. The van der Waals surface area contributed by atoms with Gasteiger partial charge in [0.05, 0.1) is 5.97 Å². The first-order chi connectivity index (χ1) is 11.1. The van der Waals surface area contributed by atoms with Gasteiger partial charge in [-0.2, -0.15) is 0 Å². The summed E-state index contributed by atoms with van der Waals surface area (Å²) in [6.45, 7) is 2.16. The number of carbonyl (C=O) groups is 1. The summed E-state index contributed by atoms with van der Waals surface area (Å²) in [5, 5.41) is 10.5. The smallest absolute Gasteiger partial charge is 0.138 e. The van der Waals surface area contributed by atoms with Crippen molar-refractivity contribution in [1.29, 1.82) is 0 Å². The van der Waals surface area contributed by atoms with E-state index in [4.69, 9.17) is 4.74 Å². The Balaban J connectivity index is 0.000000174. The van der Waals surface area contributed by atoms with Gasteiger partial charge in [0.25, 0.3) is 0 Å². The molecule has 2 aromatic rings. The van der Waals surface area contributed by atoms with E-state index in [0.717, 1.165) is 18.4 Å². The monoisotopic (exact) mass is 313 g/mol. The Bertz CT molecular complexity index is 628. The number of aryl methyl sites for hydroxylation is 1. The zero-order valence-electron chi connectivity index (χ0n) is 13.4.